The van der Waals surface area contributed by atoms with E-state index in [1.807, 2.05) is 0 Å². The standard InChI is InChI=1S/C15H20ClFN2/c16-11-8-13(18)15(9-12(11)17)19-7-3-5-10-4-1-2-6-14(10)19/h8-10,14H,1-7,18H2/t10-,14-/m1/s1. The molecule has 3 rings (SSSR count). The molecular weight excluding hydrogens is 263 g/mol. The summed E-state index contributed by atoms with van der Waals surface area (Å²) in [6.45, 7) is 0.979. The van der Waals surface area contributed by atoms with Gasteiger partial charge in [-0.15, -0.1) is 0 Å². The smallest absolute Gasteiger partial charge is 0.144 e. The molecule has 1 saturated heterocycles. The van der Waals surface area contributed by atoms with Gasteiger partial charge in [-0.1, -0.05) is 24.4 Å². The van der Waals surface area contributed by atoms with Crippen LogP contribution < -0.4 is 10.6 Å². The summed E-state index contributed by atoms with van der Waals surface area (Å²) < 4.78 is 13.7. The highest BCUT2D eigenvalue weighted by atomic mass is 35.5. The first kappa shape index (κ1) is 13.0. The molecule has 0 radical (unpaired) electrons. The average Bonchev–Trinajstić information content (AvgIpc) is 2.42. The zero-order chi connectivity index (χ0) is 13.4. The lowest BCUT2D eigenvalue weighted by atomic mass is 9.78. The minimum absolute atomic E-state index is 0.110. The van der Waals surface area contributed by atoms with E-state index in [0.29, 0.717) is 11.7 Å². The Kier molecular flexibility index (Phi) is 3.57. The maximum atomic E-state index is 13.7. The molecule has 2 aliphatic rings. The molecule has 0 aromatic heterocycles. The normalized spacial score (nSPS) is 27.2. The van der Waals surface area contributed by atoms with Crippen molar-refractivity contribution in [1.29, 1.82) is 0 Å². The first-order valence-electron chi connectivity index (χ1n) is 7.18. The molecular formula is C15H20ClFN2. The maximum absolute atomic E-state index is 13.7. The van der Waals surface area contributed by atoms with Crippen LogP contribution in [0, 0.1) is 11.7 Å². The Labute approximate surface area is 118 Å². The zero-order valence-corrected chi connectivity index (χ0v) is 11.8. The van der Waals surface area contributed by atoms with Crippen molar-refractivity contribution >= 4 is 23.0 Å². The highest BCUT2D eigenvalue weighted by Gasteiger charge is 2.34. The summed E-state index contributed by atoms with van der Waals surface area (Å²) in [6.07, 6.45) is 7.58. The molecule has 1 aliphatic carbocycles. The predicted octanol–water partition coefficient (Wildman–Crippen LogP) is 4.22. The number of benzene rings is 1. The number of halogens is 2. The number of hydrogen-bond donors (Lipinski definition) is 1. The Bertz CT molecular complexity index is 475. The van der Waals surface area contributed by atoms with Gasteiger partial charge in [-0.2, -0.15) is 0 Å². The third-order valence-electron chi connectivity index (χ3n) is 4.62. The molecule has 0 unspecified atom stereocenters. The molecule has 4 heteroatoms. The van der Waals surface area contributed by atoms with Crippen molar-refractivity contribution in [2.45, 2.75) is 44.6 Å². The summed E-state index contributed by atoms with van der Waals surface area (Å²) in [5, 5.41) is 0.110. The van der Waals surface area contributed by atoms with Crippen LogP contribution in [0.5, 0.6) is 0 Å². The number of nitrogens with zero attached hydrogens (tertiary/aromatic N) is 1. The molecule has 1 heterocycles. The van der Waals surface area contributed by atoms with Gasteiger partial charge in [0.05, 0.1) is 16.4 Å². The molecule has 0 bridgehead atoms. The molecule has 1 aromatic rings. The van der Waals surface area contributed by atoms with Crippen LogP contribution in [0.15, 0.2) is 12.1 Å². The molecule has 0 spiro atoms. The van der Waals surface area contributed by atoms with E-state index >= 15 is 0 Å². The highest BCUT2D eigenvalue weighted by molar-refractivity contribution is 6.31. The Hall–Kier alpha value is -0.960. The number of anilines is 2. The predicted molar refractivity (Wildman–Crippen MR) is 78.1 cm³/mol. The highest BCUT2D eigenvalue weighted by Crippen LogP contribution is 2.40. The van der Waals surface area contributed by atoms with Crippen LogP contribution in [0.1, 0.15) is 38.5 Å². The maximum Gasteiger partial charge on any atom is 0.144 e. The fourth-order valence-electron chi connectivity index (χ4n) is 3.72. The lowest BCUT2D eigenvalue weighted by Gasteiger charge is -2.45. The summed E-state index contributed by atoms with van der Waals surface area (Å²) in [7, 11) is 0. The summed E-state index contributed by atoms with van der Waals surface area (Å²) >= 11 is 5.79. The Morgan fingerprint density at radius 1 is 1.16 bits per heavy atom. The molecule has 1 aromatic carbocycles. The lowest BCUT2D eigenvalue weighted by Crippen LogP contribution is -2.47. The molecule has 2 nitrogen and oxygen atoms in total. The monoisotopic (exact) mass is 282 g/mol. The van der Waals surface area contributed by atoms with Crippen LogP contribution >= 0.6 is 11.6 Å². The largest absolute Gasteiger partial charge is 0.397 e. The van der Waals surface area contributed by atoms with Crippen molar-refractivity contribution in [2.24, 2.45) is 5.92 Å². The fraction of sp³-hybridized carbons (Fsp3) is 0.600. The van der Waals surface area contributed by atoms with Gasteiger partial charge in [-0.05, 0) is 37.7 Å². The quantitative estimate of drug-likeness (QED) is 0.782. The van der Waals surface area contributed by atoms with Gasteiger partial charge in [0, 0.05) is 18.7 Å². The molecule has 2 fully saturated rings. The van der Waals surface area contributed by atoms with Crippen LogP contribution in [-0.2, 0) is 0 Å². The number of nitrogens with two attached hydrogens (primary N) is 1. The Balaban J connectivity index is 1.93. The Morgan fingerprint density at radius 3 is 2.74 bits per heavy atom. The van der Waals surface area contributed by atoms with Gasteiger partial charge in [-0.25, -0.2) is 4.39 Å². The van der Waals surface area contributed by atoms with E-state index in [1.54, 1.807) is 6.07 Å². The van der Waals surface area contributed by atoms with Gasteiger partial charge in [0.25, 0.3) is 0 Å². The lowest BCUT2D eigenvalue weighted by molar-refractivity contribution is 0.244. The minimum Gasteiger partial charge on any atom is -0.397 e. The SMILES string of the molecule is Nc1cc(Cl)c(F)cc1N1CCC[C@H]2CCCC[C@H]21. The second-order valence-corrected chi connectivity index (χ2v) is 6.18. The van der Waals surface area contributed by atoms with Gasteiger partial charge in [0.2, 0.25) is 0 Å². The molecule has 104 valence electrons. The van der Waals surface area contributed by atoms with Crippen LogP contribution in [0.2, 0.25) is 5.02 Å². The van der Waals surface area contributed by atoms with Crippen molar-refractivity contribution in [1.82, 2.24) is 0 Å². The van der Waals surface area contributed by atoms with Crippen LogP contribution in [0.25, 0.3) is 0 Å². The van der Waals surface area contributed by atoms with Crippen LogP contribution in [0.4, 0.5) is 15.8 Å². The zero-order valence-electron chi connectivity index (χ0n) is 11.0. The van der Waals surface area contributed by atoms with Gasteiger partial charge in [0.15, 0.2) is 0 Å². The van der Waals surface area contributed by atoms with E-state index in [-0.39, 0.29) is 10.8 Å². The molecule has 2 N–H and O–H groups in total. The van der Waals surface area contributed by atoms with Crippen molar-refractivity contribution in [3.05, 3.63) is 23.0 Å². The fourth-order valence-corrected chi connectivity index (χ4v) is 3.90. The first-order chi connectivity index (χ1) is 9.16. The van der Waals surface area contributed by atoms with Crippen molar-refractivity contribution in [3.8, 4) is 0 Å². The Morgan fingerprint density at radius 2 is 1.89 bits per heavy atom. The summed E-state index contributed by atoms with van der Waals surface area (Å²) in [5.74, 6) is 0.379. The van der Waals surface area contributed by atoms with Crippen molar-refractivity contribution < 1.29 is 4.39 Å². The number of rotatable bonds is 1. The van der Waals surface area contributed by atoms with Crippen LogP contribution in [-0.4, -0.2) is 12.6 Å². The average molecular weight is 283 g/mol. The summed E-state index contributed by atoms with van der Waals surface area (Å²) in [6, 6.07) is 3.58. The molecule has 1 saturated carbocycles. The number of fused-ring (bicyclic) bond motifs is 1. The van der Waals surface area contributed by atoms with Crippen molar-refractivity contribution in [2.75, 3.05) is 17.2 Å². The van der Waals surface area contributed by atoms with Gasteiger partial charge >= 0.3 is 0 Å². The number of piperidine rings is 1. The van der Waals surface area contributed by atoms with E-state index in [2.05, 4.69) is 4.90 Å². The summed E-state index contributed by atoms with van der Waals surface area (Å²) in [5.41, 5.74) is 7.48. The first-order valence-corrected chi connectivity index (χ1v) is 7.56. The van der Waals surface area contributed by atoms with Gasteiger partial charge in [-0.3, -0.25) is 0 Å². The van der Waals surface area contributed by atoms with E-state index in [4.69, 9.17) is 17.3 Å². The van der Waals surface area contributed by atoms with E-state index < -0.39 is 0 Å². The molecule has 1 aliphatic heterocycles. The van der Waals surface area contributed by atoms with Crippen molar-refractivity contribution in [3.63, 3.8) is 0 Å². The molecule has 19 heavy (non-hydrogen) atoms. The minimum atomic E-state index is -0.371. The summed E-state index contributed by atoms with van der Waals surface area (Å²) in [4.78, 5) is 2.32. The van der Waals surface area contributed by atoms with E-state index in [1.165, 1.54) is 44.6 Å². The van der Waals surface area contributed by atoms with Gasteiger partial charge in [0.1, 0.15) is 5.82 Å². The van der Waals surface area contributed by atoms with E-state index in [0.717, 1.165) is 18.2 Å². The second kappa shape index (κ2) is 5.20. The number of nitrogen functional groups attached to an aromatic ring is 1. The molecule has 2 atom stereocenters. The van der Waals surface area contributed by atoms with Crippen LogP contribution in [0.3, 0.4) is 0 Å². The number of hydrogen-bond acceptors (Lipinski definition) is 2. The topological polar surface area (TPSA) is 29.3 Å². The third kappa shape index (κ3) is 2.40. The third-order valence-corrected chi connectivity index (χ3v) is 4.91. The molecule has 0 amide bonds. The van der Waals surface area contributed by atoms with Gasteiger partial charge < -0.3 is 10.6 Å². The van der Waals surface area contributed by atoms with E-state index in [9.17, 15) is 4.39 Å². The second-order valence-electron chi connectivity index (χ2n) is 5.77.